The average Bonchev–Trinajstić information content (AvgIpc) is 3.09. The maximum atomic E-state index is 12.3. The first-order chi connectivity index (χ1) is 12.5. The number of carbonyl (C=O) groups is 1. The first-order valence-corrected chi connectivity index (χ1v) is 8.35. The standard InChI is InChI=1S/C20H21N3O3/c1-14-7-6-9-16(11-14)20-21-18(26-22-20)12-23(3)19(24)13-25-17-10-5-4-8-15(17)2/h4-11H,12-13H2,1-3H3. The van der Waals surface area contributed by atoms with Gasteiger partial charge in [-0.3, -0.25) is 4.79 Å². The van der Waals surface area contributed by atoms with Crippen molar-refractivity contribution in [2.24, 2.45) is 0 Å². The summed E-state index contributed by atoms with van der Waals surface area (Å²) in [6, 6.07) is 15.4. The molecule has 0 saturated carbocycles. The number of hydrogen-bond donors (Lipinski definition) is 0. The topological polar surface area (TPSA) is 68.5 Å². The van der Waals surface area contributed by atoms with E-state index in [1.54, 1.807) is 7.05 Å². The third kappa shape index (κ3) is 4.27. The number of carbonyl (C=O) groups excluding carboxylic acids is 1. The Morgan fingerprint density at radius 2 is 1.96 bits per heavy atom. The molecule has 3 rings (SSSR count). The molecular formula is C20H21N3O3. The van der Waals surface area contributed by atoms with Gasteiger partial charge < -0.3 is 14.2 Å². The van der Waals surface area contributed by atoms with Gasteiger partial charge in [-0.05, 0) is 31.5 Å². The summed E-state index contributed by atoms with van der Waals surface area (Å²) < 4.78 is 10.9. The summed E-state index contributed by atoms with van der Waals surface area (Å²) in [6.07, 6.45) is 0. The Hall–Kier alpha value is -3.15. The zero-order valence-corrected chi connectivity index (χ0v) is 15.1. The summed E-state index contributed by atoms with van der Waals surface area (Å²) in [4.78, 5) is 18.1. The Morgan fingerprint density at radius 3 is 2.73 bits per heavy atom. The van der Waals surface area contributed by atoms with E-state index in [0.717, 1.165) is 16.7 Å². The molecule has 0 saturated heterocycles. The molecule has 0 radical (unpaired) electrons. The number of para-hydroxylation sites is 1. The molecular weight excluding hydrogens is 330 g/mol. The normalized spacial score (nSPS) is 10.6. The van der Waals surface area contributed by atoms with Crippen molar-refractivity contribution in [3.8, 4) is 17.1 Å². The molecule has 0 atom stereocenters. The number of rotatable bonds is 6. The van der Waals surface area contributed by atoms with Crippen LogP contribution in [-0.4, -0.2) is 34.6 Å². The molecule has 3 aromatic rings. The van der Waals surface area contributed by atoms with Crippen LogP contribution in [0, 0.1) is 13.8 Å². The van der Waals surface area contributed by atoms with Gasteiger partial charge in [-0.2, -0.15) is 4.98 Å². The molecule has 1 aromatic heterocycles. The Labute approximate surface area is 152 Å². The predicted molar refractivity (Wildman–Crippen MR) is 97.6 cm³/mol. The second kappa shape index (κ2) is 7.82. The second-order valence-electron chi connectivity index (χ2n) is 6.19. The van der Waals surface area contributed by atoms with Gasteiger partial charge in [-0.25, -0.2) is 0 Å². The van der Waals surface area contributed by atoms with Crippen molar-refractivity contribution in [2.75, 3.05) is 13.7 Å². The molecule has 0 unspecified atom stereocenters. The van der Waals surface area contributed by atoms with Gasteiger partial charge in [0.05, 0.1) is 6.54 Å². The smallest absolute Gasteiger partial charge is 0.260 e. The molecule has 0 bridgehead atoms. The maximum Gasteiger partial charge on any atom is 0.260 e. The van der Waals surface area contributed by atoms with E-state index in [1.165, 1.54) is 4.90 Å². The summed E-state index contributed by atoms with van der Waals surface area (Å²) >= 11 is 0. The lowest BCUT2D eigenvalue weighted by molar-refractivity contribution is -0.132. The van der Waals surface area contributed by atoms with Gasteiger partial charge in [-0.1, -0.05) is 47.1 Å². The third-order valence-corrected chi connectivity index (χ3v) is 3.99. The molecule has 0 aliphatic heterocycles. The summed E-state index contributed by atoms with van der Waals surface area (Å²) in [7, 11) is 1.68. The van der Waals surface area contributed by atoms with Crippen LogP contribution in [0.2, 0.25) is 0 Å². The summed E-state index contributed by atoms with van der Waals surface area (Å²) in [5.74, 6) is 1.44. The monoisotopic (exact) mass is 351 g/mol. The van der Waals surface area contributed by atoms with E-state index in [9.17, 15) is 4.79 Å². The summed E-state index contributed by atoms with van der Waals surface area (Å²) in [5.41, 5.74) is 2.99. The van der Waals surface area contributed by atoms with Crippen molar-refractivity contribution >= 4 is 5.91 Å². The molecule has 0 aliphatic rings. The molecule has 0 spiro atoms. The number of aromatic nitrogens is 2. The summed E-state index contributed by atoms with van der Waals surface area (Å²) in [5, 5.41) is 3.99. The highest BCUT2D eigenvalue weighted by Crippen LogP contribution is 2.18. The van der Waals surface area contributed by atoms with Crippen molar-refractivity contribution in [1.29, 1.82) is 0 Å². The average molecular weight is 351 g/mol. The number of benzene rings is 2. The number of ether oxygens (including phenoxy) is 1. The Kier molecular flexibility index (Phi) is 5.31. The lowest BCUT2D eigenvalue weighted by atomic mass is 10.1. The maximum absolute atomic E-state index is 12.3. The fourth-order valence-electron chi connectivity index (χ4n) is 2.48. The third-order valence-electron chi connectivity index (χ3n) is 3.99. The minimum absolute atomic E-state index is 0.0414. The minimum Gasteiger partial charge on any atom is -0.484 e. The van der Waals surface area contributed by atoms with Crippen LogP contribution < -0.4 is 4.74 Å². The highest BCUT2D eigenvalue weighted by Gasteiger charge is 2.15. The van der Waals surface area contributed by atoms with Gasteiger partial charge in [0.2, 0.25) is 11.7 Å². The molecule has 134 valence electrons. The molecule has 0 aliphatic carbocycles. The van der Waals surface area contributed by atoms with Crippen LogP contribution in [0.5, 0.6) is 5.75 Å². The van der Waals surface area contributed by atoms with Crippen LogP contribution in [0.4, 0.5) is 0 Å². The van der Waals surface area contributed by atoms with Gasteiger partial charge in [0, 0.05) is 12.6 Å². The van der Waals surface area contributed by atoms with Crippen LogP contribution in [0.25, 0.3) is 11.4 Å². The van der Waals surface area contributed by atoms with Gasteiger partial charge in [0.25, 0.3) is 5.91 Å². The molecule has 1 amide bonds. The van der Waals surface area contributed by atoms with Crippen molar-refractivity contribution in [2.45, 2.75) is 20.4 Å². The lowest BCUT2D eigenvalue weighted by Gasteiger charge is -2.15. The van der Waals surface area contributed by atoms with E-state index in [0.29, 0.717) is 17.5 Å². The van der Waals surface area contributed by atoms with Crippen LogP contribution >= 0.6 is 0 Å². The van der Waals surface area contributed by atoms with E-state index < -0.39 is 0 Å². The molecule has 26 heavy (non-hydrogen) atoms. The van der Waals surface area contributed by atoms with E-state index >= 15 is 0 Å². The number of hydrogen-bond acceptors (Lipinski definition) is 5. The highest BCUT2D eigenvalue weighted by molar-refractivity contribution is 5.77. The SMILES string of the molecule is Cc1cccc(-c2noc(CN(C)C(=O)COc3ccccc3C)n2)c1. The van der Waals surface area contributed by atoms with E-state index in [1.807, 2.05) is 62.4 Å². The van der Waals surface area contributed by atoms with Gasteiger partial charge in [0.15, 0.2) is 6.61 Å². The van der Waals surface area contributed by atoms with Gasteiger partial charge in [-0.15, -0.1) is 0 Å². The fraction of sp³-hybridized carbons (Fsp3) is 0.250. The predicted octanol–water partition coefficient (Wildman–Crippen LogP) is 3.39. The van der Waals surface area contributed by atoms with E-state index in [-0.39, 0.29) is 19.1 Å². The Bertz CT molecular complexity index is 905. The first kappa shape index (κ1) is 17.7. The molecule has 0 fully saturated rings. The minimum atomic E-state index is -0.163. The Balaban J connectivity index is 1.58. The zero-order valence-electron chi connectivity index (χ0n) is 15.1. The molecule has 0 N–H and O–H groups in total. The lowest BCUT2D eigenvalue weighted by Crippen LogP contribution is -2.31. The Morgan fingerprint density at radius 1 is 1.15 bits per heavy atom. The molecule has 6 heteroatoms. The van der Waals surface area contributed by atoms with Crippen molar-refractivity contribution in [3.63, 3.8) is 0 Å². The van der Waals surface area contributed by atoms with E-state index in [2.05, 4.69) is 10.1 Å². The highest BCUT2D eigenvalue weighted by atomic mass is 16.5. The quantitative estimate of drug-likeness (QED) is 0.681. The van der Waals surface area contributed by atoms with Gasteiger partial charge >= 0.3 is 0 Å². The first-order valence-electron chi connectivity index (χ1n) is 8.35. The van der Waals surface area contributed by atoms with Crippen LogP contribution in [-0.2, 0) is 11.3 Å². The zero-order chi connectivity index (χ0) is 18.5. The van der Waals surface area contributed by atoms with Crippen molar-refractivity contribution in [3.05, 3.63) is 65.5 Å². The molecule has 2 aromatic carbocycles. The number of nitrogens with zero attached hydrogens (tertiary/aromatic N) is 3. The van der Waals surface area contributed by atoms with Crippen LogP contribution in [0.1, 0.15) is 17.0 Å². The number of aryl methyl sites for hydroxylation is 2. The van der Waals surface area contributed by atoms with Crippen LogP contribution in [0.3, 0.4) is 0 Å². The fourth-order valence-corrected chi connectivity index (χ4v) is 2.48. The van der Waals surface area contributed by atoms with Crippen molar-refractivity contribution in [1.82, 2.24) is 15.0 Å². The molecule has 6 nitrogen and oxygen atoms in total. The van der Waals surface area contributed by atoms with Crippen LogP contribution in [0.15, 0.2) is 53.1 Å². The van der Waals surface area contributed by atoms with E-state index in [4.69, 9.17) is 9.26 Å². The van der Waals surface area contributed by atoms with Gasteiger partial charge in [0.1, 0.15) is 5.75 Å². The number of amides is 1. The number of likely N-dealkylation sites (N-methyl/N-ethyl adjacent to an activating group) is 1. The summed E-state index contributed by atoms with van der Waals surface area (Å²) in [6.45, 7) is 4.13. The second-order valence-corrected chi connectivity index (χ2v) is 6.19. The molecule has 1 heterocycles. The van der Waals surface area contributed by atoms with Crippen molar-refractivity contribution < 1.29 is 14.1 Å². The largest absolute Gasteiger partial charge is 0.484 e.